The Kier molecular flexibility index (Phi) is 4.73. The van der Waals surface area contributed by atoms with Crippen LogP contribution in [0.3, 0.4) is 0 Å². The van der Waals surface area contributed by atoms with Crippen LogP contribution in [0.5, 0.6) is 0 Å². The molecule has 0 saturated carbocycles. The second-order valence-corrected chi connectivity index (χ2v) is 6.18. The van der Waals surface area contributed by atoms with E-state index in [1.165, 1.54) is 18.4 Å². The van der Waals surface area contributed by atoms with Gasteiger partial charge in [-0.15, -0.1) is 11.3 Å². The lowest BCUT2D eigenvalue weighted by Crippen LogP contribution is -2.34. The predicted octanol–water partition coefficient (Wildman–Crippen LogP) is 2.72. The topological polar surface area (TPSA) is 64.6 Å². The van der Waals surface area contributed by atoms with E-state index in [-0.39, 0.29) is 17.9 Å². The monoisotopic (exact) mass is 331 g/mol. The van der Waals surface area contributed by atoms with Crippen LogP contribution in [0, 0.1) is 0 Å². The second-order valence-electron chi connectivity index (χ2n) is 5.27. The van der Waals surface area contributed by atoms with Crippen molar-refractivity contribution >= 4 is 23.2 Å². The summed E-state index contributed by atoms with van der Waals surface area (Å²) in [5.41, 5.74) is 2.29. The Hall–Kier alpha value is -2.18. The maximum absolute atomic E-state index is 12.2. The number of hydrogen-bond donors (Lipinski definition) is 1. The van der Waals surface area contributed by atoms with E-state index in [0.29, 0.717) is 23.7 Å². The molecule has 0 spiro atoms. The van der Waals surface area contributed by atoms with E-state index in [4.69, 9.17) is 9.47 Å². The van der Waals surface area contributed by atoms with E-state index in [1.807, 2.05) is 23.6 Å². The highest BCUT2D eigenvalue weighted by Gasteiger charge is 2.19. The molecule has 0 radical (unpaired) electrons. The molecule has 1 unspecified atom stereocenters. The van der Waals surface area contributed by atoms with Crippen molar-refractivity contribution < 1.29 is 19.1 Å². The van der Waals surface area contributed by atoms with E-state index in [9.17, 15) is 9.59 Å². The maximum Gasteiger partial charge on any atom is 0.348 e. The highest BCUT2D eigenvalue weighted by Crippen LogP contribution is 2.29. The number of methoxy groups -OCH3 is 1. The van der Waals surface area contributed by atoms with Gasteiger partial charge in [0.15, 0.2) is 0 Å². The summed E-state index contributed by atoms with van der Waals surface area (Å²) >= 11 is 1.34. The lowest BCUT2D eigenvalue weighted by molar-refractivity contribution is 0.0607. The van der Waals surface area contributed by atoms with Crippen molar-refractivity contribution in [1.29, 1.82) is 0 Å². The van der Waals surface area contributed by atoms with Crippen LogP contribution in [-0.4, -0.2) is 38.2 Å². The molecule has 2 aromatic rings. The number of thiophene rings is 1. The summed E-state index contributed by atoms with van der Waals surface area (Å²) in [5, 5.41) is 4.80. The number of carbonyl (C=O) groups excluding carboxylic acids is 2. The van der Waals surface area contributed by atoms with Gasteiger partial charge in [0.1, 0.15) is 4.88 Å². The molecular weight excluding hydrogens is 314 g/mol. The average Bonchev–Trinajstić information content (AvgIpc) is 3.25. The Morgan fingerprint density at radius 3 is 2.70 bits per heavy atom. The number of ether oxygens (including phenoxy) is 2. The molecule has 1 aliphatic heterocycles. The fourth-order valence-electron chi connectivity index (χ4n) is 2.51. The van der Waals surface area contributed by atoms with Gasteiger partial charge in [0.25, 0.3) is 5.91 Å². The second kappa shape index (κ2) is 6.93. The first-order valence-electron chi connectivity index (χ1n) is 7.34. The van der Waals surface area contributed by atoms with Gasteiger partial charge in [-0.05, 0) is 35.6 Å². The largest absolute Gasteiger partial charge is 0.465 e. The summed E-state index contributed by atoms with van der Waals surface area (Å²) < 4.78 is 10.0. The zero-order chi connectivity index (χ0) is 16.2. The first-order valence-corrected chi connectivity index (χ1v) is 8.22. The van der Waals surface area contributed by atoms with Crippen LogP contribution in [0.2, 0.25) is 0 Å². The van der Waals surface area contributed by atoms with Gasteiger partial charge in [-0.2, -0.15) is 0 Å². The number of benzene rings is 1. The zero-order valence-electron chi connectivity index (χ0n) is 12.7. The van der Waals surface area contributed by atoms with Crippen molar-refractivity contribution in [3.05, 3.63) is 46.2 Å². The van der Waals surface area contributed by atoms with E-state index < -0.39 is 0 Å². The first kappa shape index (κ1) is 15.7. The minimum absolute atomic E-state index is 0.0879. The lowest BCUT2D eigenvalue weighted by atomic mass is 10.0. The van der Waals surface area contributed by atoms with E-state index >= 15 is 0 Å². The number of esters is 1. The summed E-state index contributed by atoms with van der Waals surface area (Å²) in [4.78, 5) is 24.5. The lowest BCUT2D eigenvalue weighted by Gasteiger charge is -2.11. The first-order chi connectivity index (χ1) is 11.2. The molecule has 0 bridgehead atoms. The van der Waals surface area contributed by atoms with Crippen molar-refractivity contribution in [3.8, 4) is 11.1 Å². The molecule has 1 saturated heterocycles. The highest BCUT2D eigenvalue weighted by molar-refractivity contribution is 7.12. The molecule has 2 heterocycles. The average molecular weight is 331 g/mol. The molecule has 5 nitrogen and oxygen atoms in total. The molecule has 6 heteroatoms. The Bertz CT molecular complexity index is 702. The zero-order valence-corrected chi connectivity index (χ0v) is 13.5. The van der Waals surface area contributed by atoms with Crippen LogP contribution in [0.4, 0.5) is 0 Å². The van der Waals surface area contributed by atoms with E-state index in [2.05, 4.69) is 5.32 Å². The molecule has 1 aromatic heterocycles. The molecule has 23 heavy (non-hydrogen) atoms. The molecule has 1 aliphatic rings. The third kappa shape index (κ3) is 3.43. The summed E-state index contributed by atoms with van der Waals surface area (Å²) in [6.45, 7) is 1.26. The van der Waals surface area contributed by atoms with Gasteiger partial charge in [0.2, 0.25) is 0 Å². The van der Waals surface area contributed by atoms with Crippen molar-refractivity contribution in [2.75, 3.05) is 20.3 Å². The van der Waals surface area contributed by atoms with Gasteiger partial charge >= 0.3 is 5.97 Å². The van der Waals surface area contributed by atoms with Gasteiger partial charge in [0, 0.05) is 17.7 Å². The molecule has 120 valence electrons. The minimum Gasteiger partial charge on any atom is -0.465 e. The standard InChI is InChI=1S/C17H17NO4S/c1-21-17(20)15-14(7-9-23-15)11-2-4-12(5-3-11)16(19)18-13-6-8-22-10-13/h2-5,7,9,13H,6,8,10H2,1H3,(H,18,19). The summed E-state index contributed by atoms with van der Waals surface area (Å²) in [6.07, 6.45) is 0.848. The highest BCUT2D eigenvalue weighted by atomic mass is 32.1. The molecule has 0 aliphatic carbocycles. The number of carbonyl (C=O) groups is 2. The van der Waals surface area contributed by atoms with Crippen LogP contribution in [0.15, 0.2) is 35.7 Å². The summed E-state index contributed by atoms with van der Waals surface area (Å²) in [5.74, 6) is -0.455. The van der Waals surface area contributed by atoms with Gasteiger partial charge < -0.3 is 14.8 Å². The van der Waals surface area contributed by atoms with E-state index in [0.717, 1.165) is 17.5 Å². The van der Waals surface area contributed by atoms with Crippen LogP contribution < -0.4 is 5.32 Å². The molecule has 1 amide bonds. The number of nitrogens with one attached hydrogen (secondary N) is 1. The van der Waals surface area contributed by atoms with Gasteiger partial charge in [-0.25, -0.2) is 4.79 Å². The predicted molar refractivity (Wildman–Crippen MR) is 87.8 cm³/mol. The van der Waals surface area contributed by atoms with Crippen molar-refractivity contribution in [1.82, 2.24) is 5.32 Å². The molecule has 3 rings (SSSR count). The molecule has 1 N–H and O–H groups in total. The number of hydrogen-bond acceptors (Lipinski definition) is 5. The Balaban J connectivity index is 1.75. The van der Waals surface area contributed by atoms with Gasteiger partial charge in [-0.1, -0.05) is 12.1 Å². The van der Waals surface area contributed by atoms with Crippen LogP contribution in [-0.2, 0) is 9.47 Å². The summed E-state index contributed by atoms with van der Waals surface area (Å²) in [6, 6.07) is 9.17. The van der Waals surface area contributed by atoms with Crippen LogP contribution >= 0.6 is 11.3 Å². The maximum atomic E-state index is 12.2. The third-order valence-corrected chi connectivity index (χ3v) is 4.65. The molecule has 1 atom stereocenters. The van der Waals surface area contributed by atoms with Crippen LogP contribution in [0.1, 0.15) is 26.5 Å². The molecular formula is C17H17NO4S. The minimum atomic E-state index is -0.349. The smallest absolute Gasteiger partial charge is 0.348 e. The SMILES string of the molecule is COC(=O)c1sccc1-c1ccc(C(=O)NC2CCOC2)cc1. The third-order valence-electron chi connectivity index (χ3n) is 3.76. The fraction of sp³-hybridized carbons (Fsp3) is 0.294. The Labute approximate surface area is 138 Å². The Morgan fingerprint density at radius 2 is 2.04 bits per heavy atom. The van der Waals surface area contributed by atoms with Crippen molar-refractivity contribution in [2.24, 2.45) is 0 Å². The summed E-state index contributed by atoms with van der Waals surface area (Å²) in [7, 11) is 1.37. The van der Waals surface area contributed by atoms with Gasteiger partial charge in [-0.3, -0.25) is 4.79 Å². The molecule has 1 aromatic carbocycles. The van der Waals surface area contributed by atoms with E-state index in [1.54, 1.807) is 12.1 Å². The number of amides is 1. The fourth-order valence-corrected chi connectivity index (χ4v) is 3.34. The van der Waals surface area contributed by atoms with Crippen molar-refractivity contribution in [3.63, 3.8) is 0 Å². The molecule has 1 fully saturated rings. The van der Waals surface area contributed by atoms with Crippen LogP contribution in [0.25, 0.3) is 11.1 Å². The quantitative estimate of drug-likeness (QED) is 0.875. The Morgan fingerprint density at radius 1 is 1.26 bits per heavy atom. The van der Waals surface area contributed by atoms with Crippen molar-refractivity contribution in [2.45, 2.75) is 12.5 Å². The normalized spacial score (nSPS) is 17.0. The van der Waals surface area contributed by atoms with Gasteiger partial charge in [0.05, 0.1) is 19.8 Å². The number of rotatable bonds is 4.